The molecule has 0 spiro atoms. The third-order valence-corrected chi connectivity index (χ3v) is 2.68. The Morgan fingerprint density at radius 1 is 0.706 bits per heavy atom. The fraction of sp³-hybridized carbons (Fsp3) is 0. The van der Waals surface area contributed by atoms with Gasteiger partial charge in [0.25, 0.3) is 0 Å². The summed E-state index contributed by atoms with van der Waals surface area (Å²) in [5.41, 5.74) is 2.19. The first-order chi connectivity index (χ1) is 7.93. The van der Waals surface area contributed by atoms with Gasteiger partial charge in [-0.2, -0.15) is 36.4 Å². The summed E-state index contributed by atoms with van der Waals surface area (Å²) >= 11 is 0. The van der Waals surface area contributed by atoms with Gasteiger partial charge < -0.3 is 0 Å². The van der Waals surface area contributed by atoms with Gasteiger partial charge in [-0.15, -0.1) is 22.9 Å². The first kappa shape index (κ1) is 12.1. The van der Waals surface area contributed by atoms with Crippen LogP contribution in [0.25, 0.3) is 21.9 Å². The van der Waals surface area contributed by atoms with E-state index in [-0.39, 0.29) is 21.1 Å². The molecular formula is C16H10W. The maximum absolute atomic E-state index is 3.30. The second-order valence-electron chi connectivity index (χ2n) is 3.75. The minimum absolute atomic E-state index is 0. The van der Waals surface area contributed by atoms with Crippen LogP contribution in [0.4, 0.5) is 0 Å². The zero-order valence-electron chi connectivity index (χ0n) is 9.18. The van der Waals surface area contributed by atoms with Crippen LogP contribution in [0, 0.1) is 12.1 Å². The Kier molecular flexibility index (Phi) is 3.76. The second-order valence-corrected chi connectivity index (χ2v) is 3.75. The molecule has 0 saturated heterocycles. The van der Waals surface area contributed by atoms with Crippen molar-refractivity contribution in [2.75, 3.05) is 0 Å². The molecule has 3 aromatic rings. The second kappa shape index (κ2) is 5.29. The standard InChI is InChI=1S/C16H10.W/c1-2-6-13(7-3-1)16-11-10-14-8-4-5-9-15(14)12-16;/h1-6,8-10,12H;/q-2;+2. The molecule has 0 heterocycles. The summed E-state index contributed by atoms with van der Waals surface area (Å²) in [6, 6.07) is 27.0. The fourth-order valence-corrected chi connectivity index (χ4v) is 1.84. The van der Waals surface area contributed by atoms with E-state index in [1.165, 1.54) is 10.8 Å². The van der Waals surface area contributed by atoms with E-state index < -0.39 is 0 Å². The van der Waals surface area contributed by atoms with E-state index in [0.29, 0.717) is 0 Å². The van der Waals surface area contributed by atoms with Gasteiger partial charge in [-0.1, -0.05) is 24.3 Å². The maximum atomic E-state index is 3.30. The molecular weight excluding hydrogens is 376 g/mol. The number of hydrogen-bond acceptors (Lipinski definition) is 0. The van der Waals surface area contributed by atoms with Crippen LogP contribution in [0.1, 0.15) is 0 Å². The third kappa shape index (κ3) is 2.48. The van der Waals surface area contributed by atoms with Gasteiger partial charge in [0.2, 0.25) is 0 Å². The van der Waals surface area contributed by atoms with E-state index in [1.54, 1.807) is 0 Å². The largest absolute Gasteiger partial charge is 2.00 e. The van der Waals surface area contributed by atoms with Gasteiger partial charge in [-0.05, 0) is 0 Å². The van der Waals surface area contributed by atoms with Crippen LogP contribution >= 0.6 is 0 Å². The smallest absolute Gasteiger partial charge is 0.226 e. The summed E-state index contributed by atoms with van der Waals surface area (Å²) in [5, 5.41) is 2.47. The van der Waals surface area contributed by atoms with E-state index in [1.807, 2.05) is 30.3 Å². The molecule has 0 N–H and O–H groups in total. The average Bonchev–Trinajstić information content (AvgIpc) is 2.39. The molecule has 0 radical (unpaired) electrons. The average molecular weight is 386 g/mol. The van der Waals surface area contributed by atoms with Crippen LogP contribution < -0.4 is 0 Å². The molecule has 3 rings (SSSR count). The zero-order valence-corrected chi connectivity index (χ0v) is 12.1. The molecule has 0 atom stereocenters. The summed E-state index contributed by atoms with van der Waals surface area (Å²) in [6.45, 7) is 0. The first-order valence-electron chi connectivity index (χ1n) is 5.31. The van der Waals surface area contributed by atoms with Crippen molar-refractivity contribution in [2.24, 2.45) is 0 Å². The molecule has 80 valence electrons. The fourth-order valence-electron chi connectivity index (χ4n) is 1.84. The number of hydrogen-bond donors (Lipinski definition) is 0. The molecule has 0 fully saturated rings. The van der Waals surface area contributed by atoms with Crippen molar-refractivity contribution in [3.63, 3.8) is 0 Å². The summed E-state index contributed by atoms with van der Waals surface area (Å²) in [7, 11) is 0. The Hall–Kier alpha value is -1.39. The molecule has 0 saturated carbocycles. The van der Waals surface area contributed by atoms with Crippen molar-refractivity contribution < 1.29 is 21.1 Å². The van der Waals surface area contributed by atoms with Crippen molar-refractivity contribution in [1.29, 1.82) is 0 Å². The van der Waals surface area contributed by atoms with Crippen molar-refractivity contribution >= 4 is 10.8 Å². The summed E-state index contributed by atoms with van der Waals surface area (Å²) < 4.78 is 0. The molecule has 0 amide bonds. The Morgan fingerprint density at radius 2 is 1.47 bits per heavy atom. The van der Waals surface area contributed by atoms with E-state index in [4.69, 9.17) is 0 Å². The van der Waals surface area contributed by atoms with Gasteiger partial charge in [0, 0.05) is 0 Å². The van der Waals surface area contributed by atoms with Gasteiger partial charge in [0.1, 0.15) is 0 Å². The molecule has 0 aliphatic rings. The maximum Gasteiger partial charge on any atom is 2.00 e. The summed E-state index contributed by atoms with van der Waals surface area (Å²) in [4.78, 5) is 0. The molecule has 17 heavy (non-hydrogen) atoms. The number of benzene rings is 3. The molecule has 1 heteroatoms. The Bertz CT molecular complexity index is 615. The summed E-state index contributed by atoms with van der Waals surface area (Å²) in [6.07, 6.45) is 0. The first-order valence-corrected chi connectivity index (χ1v) is 5.31. The van der Waals surface area contributed by atoms with Crippen LogP contribution in [0.2, 0.25) is 0 Å². The van der Waals surface area contributed by atoms with Crippen LogP contribution in [0.5, 0.6) is 0 Å². The quantitative estimate of drug-likeness (QED) is 0.553. The van der Waals surface area contributed by atoms with Crippen molar-refractivity contribution in [3.8, 4) is 11.1 Å². The monoisotopic (exact) mass is 386 g/mol. The van der Waals surface area contributed by atoms with Crippen LogP contribution in [-0.2, 0) is 21.1 Å². The Balaban J connectivity index is 0.00000108. The Labute approximate surface area is 116 Å². The minimum Gasteiger partial charge on any atom is -0.226 e. The van der Waals surface area contributed by atoms with Crippen molar-refractivity contribution in [3.05, 3.63) is 72.8 Å². The van der Waals surface area contributed by atoms with E-state index in [9.17, 15) is 0 Å². The van der Waals surface area contributed by atoms with E-state index in [2.05, 4.69) is 42.5 Å². The molecule has 0 aromatic heterocycles. The van der Waals surface area contributed by atoms with Gasteiger partial charge in [-0.3, -0.25) is 0 Å². The number of rotatable bonds is 1. The van der Waals surface area contributed by atoms with Gasteiger partial charge >= 0.3 is 21.1 Å². The molecule has 0 aliphatic carbocycles. The molecule has 0 aliphatic heterocycles. The normalized spacial score (nSPS) is 9.88. The third-order valence-electron chi connectivity index (χ3n) is 2.68. The van der Waals surface area contributed by atoms with E-state index in [0.717, 1.165) is 11.1 Å². The predicted octanol–water partition coefficient (Wildman–Crippen LogP) is 4.10. The minimum atomic E-state index is 0. The van der Waals surface area contributed by atoms with Crippen molar-refractivity contribution in [1.82, 2.24) is 0 Å². The van der Waals surface area contributed by atoms with Crippen molar-refractivity contribution in [2.45, 2.75) is 0 Å². The Morgan fingerprint density at radius 3 is 2.24 bits per heavy atom. The zero-order chi connectivity index (χ0) is 10.8. The van der Waals surface area contributed by atoms with Crippen LogP contribution in [0.15, 0.2) is 60.7 Å². The molecule has 0 nitrogen and oxygen atoms in total. The molecule has 0 bridgehead atoms. The van der Waals surface area contributed by atoms with Crippen LogP contribution in [0.3, 0.4) is 0 Å². The molecule has 0 unspecified atom stereocenters. The van der Waals surface area contributed by atoms with E-state index >= 15 is 0 Å². The number of fused-ring (bicyclic) bond motifs is 1. The van der Waals surface area contributed by atoms with Gasteiger partial charge in [0.05, 0.1) is 0 Å². The van der Waals surface area contributed by atoms with Crippen LogP contribution in [-0.4, -0.2) is 0 Å². The summed E-state index contributed by atoms with van der Waals surface area (Å²) in [5.74, 6) is 0. The topological polar surface area (TPSA) is 0 Å². The van der Waals surface area contributed by atoms with Gasteiger partial charge in [0.15, 0.2) is 0 Å². The van der Waals surface area contributed by atoms with Gasteiger partial charge in [-0.25, -0.2) is 11.1 Å². The SMILES string of the molecule is [W+2].[c-]1ccccc1-c1[c-]cc2ccccc2c1. The molecule has 3 aromatic carbocycles. The predicted molar refractivity (Wildman–Crippen MR) is 67.1 cm³/mol.